The summed E-state index contributed by atoms with van der Waals surface area (Å²) in [6.07, 6.45) is 1.73. The number of rotatable bonds is 3. The molecule has 2 N–H and O–H groups in total. The summed E-state index contributed by atoms with van der Waals surface area (Å²) < 4.78 is 1.49. The first-order valence-corrected chi connectivity index (χ1v) is 8.92. The van der Waals surface area contributed by atoms with Crippen LogP contribution >= 0.6 is 0 Å². The lowest BCUT2D eigenvalue weighted by Crippen LogP contribution is -2.10. The predicted molar refractivity (Wildman–Crippen MR) is 111 cm³/mol. The number of para-hydroxylation sites is 1. The van der Waals surface area contributed by atoms with E-state index in [0.29, 0.717) is 5.57 Å². The Balaban J connectivity index is 2.07. The number of hydrogen-bond donors (Lipinski definition) is 1. The molecule has 28 heavy (non-hydrogen) atoms. The highest BCUT2D eigenvalue weighted by atomic mass is 15.3. The third-order valence-electron chi connectivity index (χ3n) is 4.50. The molecule has 0 unspecified atom stereocenters. The highest BCUT2D eigenvalue weighted by Gasteiger charge is 2.20. The molecule has 5 nitrogen and oxygen atoms in total. The van der Waals surface area contributed by atoms with Crippen LogP contribution in [0.3, 0.4) is 0 Å². The van der Waals surface area contributed by atoms with Crippen molar-refractivity contribution in [1.82, 2.24) is 9.78 Å². The maximum Gasteiger partial charge on any atom is 0.145 e. The molecule has 5 heteroatoms. The first kappa shape index (κ1) is 18.9. The minimum Gasteiger partial charge on any atom is -0.382 e. The van der Waals surface area contributed by atoms with Gasteiger partial charge in [0.1, 0.15) is 29.2 Å². The van der Waals surface area contributed by atoms with E-state index in [9.17, 15) is 10.5 Å². The molecule has 0 amide bonds. The van der Waals surface area contributed by atoms with E-state index in [1.807, 2.05) is 54.6 Å². The van der Waals surface area contributed by atoms with Crippen molar-refractivity contribution >= 4 is 17.5 Å². The van der Waals surface area contributed by atoms with Gasteiger partial charge in [-0.1, -0.05) is 63.2 Å². The van der Waals surface area contributed by atoms with E-state index in [4.69, 9.17) is 5.73 Å². The van der Waals surface area contributed by atoms with Gasteiger partial charge < -0.3 is 5.73 Å². The van der Waals surface area contributed by atoms with E-state index in [1.165, 1.54) is 10.2 Å². The van der Waals surface area contributed by atoms with Crippen LogP contribution in [-0.2, 0) is 5.41 Å². The van der Waals surface area contributed by atoms with Crippen molar-refractivity contribution in [3.63, 3.8) is 0 Å². The van der Waals surface area contributed by atoms with Gasteiger partial charge in [-0.15, -0.1) is 0 Å². The Labute approximate surface area is 165 Å². The second-order valence-electron chi connectivity index (χ2n) is 7.51. The van der Waals surface area contributed by atoms with Crippen LogP contribution in [0, 0.1) is 22.7 Å². The number of nitrogens with two attached hydrogens (primary N) is 1. The van der Waals surface area contributed by atoms with Crippen molar-refractivity contribution in [1.29, 1.82) is 10.5 Å². The number of anilines is 1. The van der Waals surface area contributed by atoms with Crippen LogP contribution in [0.5, 0.6) is 0 Å². The molecule has 0 spiro atoms. The summed E-state index contributed by atoms with van der Waals surface area (Å²) in [7, 11) is 0. The smallest absolute Gasteiger partial charge is 0.145 e. The lowest BCUT2D eigenvalue weighted by Gasteiger charge is -2.18. The SMILES string of the molecule is CC(C)(C)c1ccc(C=C(C#N)c2nn(-c3ccccc3)c(N)c2C#N)cc1. The summed E-state index contributed by atoms with van der Waals surface area (Å²) in [6.45, 7) is 6.45. The largest absolute Gasteiger partial charge is 0.382 e. The van der Waals surface area contributed by atoms with Gasteiger partial charge in [0.2, 0.25) is 0 Å². The number of hydrogen-bond acceptors (Lipinski definition) is 4. The second kappa shape index (κ2) is 7.42. The quantitative estimate of drug-likeness (QED) is 0.680. The maximum absolute atomic E-state index is 9.70. The Bertz CT molecular complexity index is 1100. The Morgan fingerprint density at radius 2 is 1.68 bits per heavy atom. The van der Waals surface area contributed by atoms with Gasteiger partial charge >= 0.3 is 0 Å². The van der Waals surface area contributed by atoms with Crippen molar-refractivity contribution in [2.45, 2.75) is 26.2 Å². The fourth-order valence-corrected chi connectivity index (χ4v) is 2.90. The molecule has 0 radical (unpaired) electrons. The summed E-state index contributed by atoms with van der Waals surface area (Å²) in [5, 5.41) is 23.7. The first-order valence-electron chi connectivity index (χ1n) is 8.92. The first-order chi connectivity index (χ1) is 13.3. The van der Waals surface area contributed by atoms with Gasteiger partial charge in [-0.3, -0.25) is 0 Å². The van der Waals surface area contributed by atoms with Crippen molar-refractivity contribution < 1.29 is 0 Å². The standard InChI is InChI=1S/C23H21N5/c1-23(2,3)18-11-9-16(10-12-18)13-17(14-24)21-20(15-25)22(26)28(27-21)19-7-5-4-6-8-19/h4-13H,26H2,1-3H3. The Morgan fingerprint density at radius 3 is 2.21 bits per heavy atom. The molecule has 3 rings (SSSR count). The van der Waals surface area contributed by atoms with E-state index < -0.39 is 0 Å². The van der Waals surface area contributed by atoms with Crippen LogP contribution in [0.4, 0.5) is 5.82 Å². The molecular weight excluding hydrogens is 346 g/mol. The van der Waals surface area contributed by atoms with E-state index in [1.54, 1.807) is 6.08 Å². The van der Waals surface area contributed by atoms with Gasteiger partial charge in [-0.25, -0.2) is 4.68 Å². The van der Waals surface area contributed by atoms with Gasteiger partial charge in [-0.2, -0.15) is 15.6 Å². The minimum atomic E-state index is 0.0528. The normalized spacial score (nSPS) is 11.7. The lowest BCUT2D eigenvalue weighted by molar-refractivity contribution is 0.590. The van der Waals surface area contributed by atoms with Crippen molar-refractivity contribution in [2.75, 3.05) is 5.73 Å². The molecule has 0 atom stereocenters. The molecule has 138 valence electrons. The van der Waals surface area contributed by atoms with E-state index in [2.05, 4.69) is 38.0 Å². The monoisotopic (exact) mass is 367 g/mol. The predicted octanol–water partition coefficient (Wildman–Crippen LogP) is 4.69. The zero-order chi connectivity index (χ0) is 20.3. The summed E-state index contributed by atoms with van der Waals surface area (Å²) in [6, 6.07) is 21.5. The van der Waals surface area contributed by atoms with Gasteiger partial charge in [0.05, 0.1) is 11.3 Å². The van der Waals surface area contributed by atoms with Crippen LogP contribution in [0.1, 0.15) is 43.2 Å². The summed E-state index contributed by atoms with van der Waals surface area (Å²) >= 11 is 0. The molecule has 0 saturated heterocycles. The van der Waals surface area contributed by atoms with Crippen molar-refractivity contribution in [3.05, 3.63) is 77.0 Å². The highest BCUT2D eigenvalue weighted by Crippen LogP contribution is 2.28. The number of nitrogens with zero attached hydrogens (tertiary/aromatic N) is 4. The van der Waals surface area contributed by atoms with Gasteiger partial charge in [0.25, 0.3) is 0 Å². The van der Waals surface area contributed by atoms with Crippen LogP contribution < -0.4 is 5.73 Å². The fourth-order valence-electron chi connectivity index (χ4n) is 2.90. The highest BCUT2D eigenvalue weighted by molar-refractivity contribution is 5.91. The lowest BCUT2D eigenvalue weighted by atomic mass is 9.86. The Kier molecular flexibility index (Phi) is 5.02. The molecule has 0 aliphatic carbocycles. The molecule has 0 saturated carbocycles. The van der Waals surface area contributed by atoms with Crippen LogP contribution in [0.15, 0.2) is 54.6 Å². The number of allylic oxidation sites excluding steroid dienone is 1. The molecule has 0 fully saturated rings. The average molecular weight is 367 g/mol. The van der Waals surface area contributed by atoms with Crippen molar-refractivity contribution in [2.24, 2.45) is 0 Å². The summed E-state index contributed by atoms with van der Waals surface area (Å²) in [5.74, 6) is 0.216. The van der Waals surface area contributed by atoms with Gasteiger partial charge in [-0.05, 0) is 34.8 Å². The second-order valence-corrected chi connectivity index (χ2v) is 7.51. The summed E-state index contributed by atoms with van der Waals surface area (Å²) in [4.78, 5) is 0. The van der Waals surface area contributed by atoms with Crippen molar-refractivity contribution in [3.8, 4) is 17.8 Å². The van der Waals surface area contributed by atoms with Gasteiger partial charge in [0, 0.05) is 0 Å². The molecular formula is C23H21N5. The molecule has 1 aromatic heterocycles. The number of nitrogen functional groups attached to an aromatic ring is 1. The third-order valence-corrected chi connectivity index (χ3v) is 4.50. The van der Waals surface area contributed by atoms with Gasteiger partial charge in [0.15, 0.2) is 0 Å². The van der Waals surface area contributed by atoms with Crippen LogP contribution in [-0.4, -0.2) is 9.78 Å². The molecule has 1 heterocycles. The zero-order valence-corrected chi connectivity index (χ0v) is 16.1. The number of benzene rings is 2. The molecule has 3 aromatic rings. The van der Waals surface area contributed by atoms with E-state index in [0.717, 1.165) is 11.3 Å². The average Bonchev–Trinajstić information content (AvgIpc) is 3.02. The number of nitriles is 2. The third kappa shape index (κ3) is 3.65. The molecule has 0 aliphatic rings. The molecule has 0 bridgehead atoms. The zero-order valence-electron chi connectivity index (χ0n) is 16.1. The topological polar surface area (TPSA) is 91.4 Å². The summed E-state index contributed by atoms with van der Waals surface area (Å²) in [5.41, 5.74) is 9.77. The molecule has 0 aliphatic heterocycles. The number of aromatic nitrogens is 2. The van der Waals surface area contributed by atoms with Crippen LogP contribution in [0.25, 0.3) is 17.3 Å². The van der Waals surface area contributed by atoms with Crippen LogP contribution in [0.2, 0.25) is 0 Å². The fraction of sp³-hybridized carbons (Fsp3) is 0.174. The van der Waals surface area contributed by atoms with E-state index in [-0.39, 0.29) is 22.5 Å². The Morgan fingerprint density at radius 1 is 1.04 bits per heavy atom. The molecule has 2 aromatic carbocycles. The maximum atomic E-state index is 9.70. The minimum absolute atomic E-state index is 0.0528. The van der Waals surface area contributed by atoms with E-state index >= 15 is 0 Å². The Hall–Kier alpha value is -3.83.